The van der Waals surface area contributed by atoms with Gasteiger partial charge in [-0.05, 0) is 19.8 Å². The molecule has 2 unspecified atom stereocenters. The maximum Gasteiger partial charge on any atom is 0.317 e. The molecule has 0 aromatic rings. The van der Waals surface area contributed by atoms with Crippen molar-refractivity contribution >= 4 is 18.0 Å². The topological polar surface area (TPSA) is 105 Å². The molecule has 1 saturated heterocycles. The van der Waals surface area contributed by atoms with Gasteiger partial charge in [-0.1, -0.05) is 0 Å². The van der Waals surface area contributed by atoms with Crippen molar-refractivity contribution in [3.05, 3.63) is 0 Å². The average molecular weight is 316 g/mol. The van der Waals surface area contributed by atoms with Crippen molar-refractivity contribution in [2.45, 2.75) is 44.8 Å². The molecule has 1 heterocycles. The molecule has 2 atom stereocenters. The van der Waals surface area contributed by atoms with Crippen LogP contribution in [0.3, 0.4) is 0 Å². The highest BCUT2D eigenvalue weighted by atomic mass is 16.5. The van der Waals surface area contributed by atoms with E-state index in [4.69, 9.17) is 14.6 Å². The van der Waals surface area contributed by atoms with Crippen LogP contribution in [0.4, 0.5) is 4.79 Å². The Morgan fingerprint density at radius 1 is 1.36 bits per heavy atom. The highest BCUT2D eigenvalue weighted by Gasteiger charge is 2.36. The summed E-state index contributed by atoms with van der Waals surface area (Å²) in [5.41, 5.74) is 0. The fourth-order valence-electron chi connectivity index (χ4n) is 2.44. The van der Waals surface area contributed by atoms with Crippen LogP contribution in [0.15, 0.2) is 0 Å². The van der Waals surface area contributed by atoms with Crippen molar-refractivity contribution in [3.8, 4) is 0 Å². The van der Waals surface area contributed by atoms with E-state index in [2.05, 4.69) is 5.32 Å². The summed E-state index contributed by atoms with van der Waals surface area (Å²) in [5, 5.41) is 11.2. The van der Waals surface area contributed by atoms with Crippen molar-refractivity contribution in [2.75, 3.05) is 26.8 Å². The molecule has 1 aliphatic rings. The van der Waals surface area contributed by atoms with E-state index in [0.29, 0.717) is 26.0 Å². The second-order valence-electron chi connectivity index (χ2n) is 5.14. The summed E-state index contributed by atoms with van der Waals surface area (Å²) in [6, 6.07) is -0.567. The number of ether oxygens (including phenoxy) is 2. The molecule has 1 fully saturated rings. The lowest BCUT2D eigenvalue weighted by atomic mass is 10.1. The van der Waals surface area contributed by atoms with Crippen molar-refractivity contribution in [2.24, 2.45) is 0 Å². The number of carbonyl (C=O) groups excluding carboxylic acids is 2. The summed E-state index contributed by atoms with van der Waals surface area (Å²) in [5.74, 6) is -1.23. The van der Waals surface area contributed by atoms with Crippen LogP contribution in [0.5, 0.6) is 0 Å². The van der Waals surface area contributed by atoms with E-state index in [1.54, 1.807) is 18.9 Å². The third-order valence-corrected chi connectivity index (χ3v) is 3.52. The van der Waals surface area contributed by atoms with Gasteiger partial charge in [-0.25, -0.2) is 4.79 Å². The first-order chi connectivity index (χ1) is 10.5. The number of urea groups is 1. The molecule has 0 saturated carbocycles. The van der Waals surface area contributed by atoms with Crippen molar-refractivity contribution in [1.82, 2.24) is 10.2 Å². The number of esters is 1. The summed E-state index contributed by atoms with van der Waals surface area (Å²) in [6.07, 6.45) is 0.983. The lowest BCUT2D eigenvalue weighted by molar-refractivity contribution is -0.144. The van der Waals surface area contributed by atoms with Gasteiger partial charge in [0, 0.05) is 32.7 Å². The van der Waals surface area contributed by atoms with Crippen LogP contribution in [0, 0.1) is 0 Å². The van der Waals surface area contributed by atoms with E-state index >= 15 is 0 Å². The molecule has 2 amide bonds. The minimum Gasteiger partial charge on any atom is -0.481 e. The van der Waals surface area contributed by atoms with Gasteiger partial charge in [0.25, 0.3) is 0 Å². The van der Waals surface area contributed by atoms with Crippen LogP contribution in [0.1, 0.15) is 32.6 Å². The number of hydrogen-bond acceptors (Lipinski definition) is 5. The Kier molecular flexibility index (Phi) is 7.65. The molecule has 126 valence electrons. The zero-order valence-electron chi connectivity index (χ0n) is 13.0. The second kappa shape index (κ2) is 9.24. The molecule has 8 nitrogen and oxygen atoms in total. The van der Waals surface area contributed by atoms with Gasteiger partial charge in [-0.15, -0.1) is 0 Å². The molecule has 8 heteroatoms. The molecule has 0 aromatic heterocycles. The maximum absolute atomic E-state index is 12.2. The number of aliphatic carboxylic acids is 1. The summed E-state index contributed by atoms with van der Waals surface area (Å²) >= 11 is 0. The Morgan fingerprint density at radius 3 is 2.68 bits per heavy atom. The fraction of sp³-hybridized carbons (Fsp3) is 0.786. The summed E-state index contributed by atoms with van der Waals surface area (Å²) < 4.78 is 10.2. The predicted octanol–water partition coefficient (Wildman–Crippen LogP) is 0.603. The first kappa shape index (κ1) is 18.2. The van der Waals surface area contributed by atoms with Gasteiger partial charge in [0.15, 0.2) is 0 Å². The molecule has 0 spiro atoms. The zero-order valence-corrected chi connectivity index (χ0v) is 13.0. The molecular weight excluding hydrogens is 292 g/mol. The van der Waals surface area contributed by atoms with Gasteiger partial charge >= 0.3 is 18.0 Å². The average Bonchev–Trinajstić information content (AvgIpc) is 2.86. The quantitative estimate of drug-likeness (QED) is 0.502. The van der Waals surface area contributed by atoms with Crippen LogP contribution >= 0.6 is 0 Å². The number of carboxylic acid groups (broad SMARTS) is 1. The van der Waals surface area contributed by atoms with Crippen LogP contribution in [0.25, 0.3) is 0 Å². The SMILES string of the molecule is CCOC(=O)CC1CC(OC)CN1C(=O)NCCCC(=O)O. The maximum atomic E-state index is 12.2. The Balaban J connectivity index is 2.49. The smallest absolute Gasteiger partial charge is 0.317 e. The highest BCUT2D eigenvalue weighted by molar-refractivity contribution is 5.77. The van der Waals surface area contributed by atoms with Gasteiger partial charge in [0.1, 0.15) is 0 Å². The summed E-state index contributed by atoms with van der Waals surface area (Å²) in [6.45, 7) is 2.73. The molecule has 1 aliphatic heterocycles. The van der Waals surface area contributed by atoms with E-state index in [1.165, 1.54) is 0 Å². The first-order valence-electron chi connectivity index (χ1n) is 7.42. The third kappa shape index (κ3) is 5.88. The Bertz CT molecular complexity index is 401. The number of nitrogens with zero attached hydrogens (tertiary/aromatic N) is 1. The number of nitrogens with one attached hydrogen (secondary N) is 1. The number of rotatable bonds is 8. The normalized spacial score (nSPS) is 20.7. The predicted molar refractivity (Wildman–Crippen MR) is 77.4 cm³/mol. The number of carboxylic acids is 1. The molecular formula is C14H24N2O6. The molecule has 1 rings (SSSR count). The van der Waals surface area contributed by atoms with E-state index in [0.717, 1.165) is 0 Å². The largest absolute Gasteiger partial charge is 0.481 e. The Morgan fingerprint density at radius 2 is 2.09 bits per heavy atom. The lowest BCUT2D eigenvalue weighted by Crippen LogP contribution is -2.44. The van der Waals surface area contributed by atoms with E-state index < -0.39 is 5.97 Å². The number of carbonyl (C=O) groups is 3. The number of hydrogen-bond donors (Lipinski definition) is 2. The van der Waals surface area contributed by atoms with Gasteiger partial charge < -0.3 is 24.8 Å². The zero-order chi connectivity index (χ0) is 16.5. The third-order valence-electron chi connectivity index (χ3n) is 3.52. The minimum absolute atomic E-state index is 0.00717. The van der Waals surface area contributed by atoms with Crippen LogP contribution in [-0.4, -0.2) is 66.9 Å². The number of amides is 2. The van der Waals surface area contributed by atoms with Gasteiger partial charge in [0.2, 0.25) is 0 Å². The Labute approximate surface area is 129 Å². The van der Waals surface area contributed by atoms with Crippen molar-refractivity contribution in [1.29, 1.82) is 0 Å². The van der Waals surface area contributed by atoms with Crippen molar-refractivity contribution < 1.29 is 29.0 Å². The minimum atomic E-state index is -0.893. The standard InChI is InChI=1S/C14H24N2O6/c1-3-22-13(19)8-10-7-11(21-2)9-16(10)14(20)15-6-4-5-12(17)18/h10-11H,3-9H2,1-2H3,(H,15,20)(H,17,18). The monoisotopic (exact) mass is 316 g/mol. The van der Waals surface area contributed by atoms with E-state index in [1.807, 2.05) is 0 Å². The van der Waals surface area contributed by atoms with Crippen LogP contribution < -0.4 is 5.32 Å². The molecule has 0 aromatic carbocycles. The summed E-state index contributed by atoms with van der Waals surface area (Å²) in [7, 11) is 1.57. The Hall–Kier alpha value is -1.83. The fourth-order valence-corrected chi connectivity index (χ4v) is 2.44. The van der Waals surface area contributed by atoms with E-state index in [-0.39, 0.29) is 43.5 Å². The lowest BCUT2D eigenvalue weighted by Gasteiger charge is -2.24. The highest BCUT2D eigenvalue weighted by Crippen LogP contribution is 2.23. The first-order valence-corrected chi connectivity index (χ1v) is 7.42. The van der Waals surface area contributed by atoms with Crippen molar-refractivity contribution in [3.63, 3.8) is 0 Å². The number of likely N-dealkylation sites (tertiary alicyclic amines) is 1. The second-order valence-corrected chi connectivity index (χ2v) is 5.14. The molecule has 22 heavy (non-hydrogen) atoms. The molecule has 0 aliphatic carbocycles. The molecule has 2 N–H and O–H groups in total. The van der Waals surface area contributed by atoms with Gasteiger partial charge in [-0.3, -0.25) is 9.59 Å². The number of methoxy groups -OCH3 is 1. The van der Waals surface area contributed by atoms with Gasteiger partial charge in [-0.2, -0.15) is 0 Å². The van der Waals surface area contributed by atoms with Gasteiger partial charge in [0.05, 0.1) is 19.1 Å². The van der Waals surface area contributed by atoms with Crippen LogP contribution in [-0.2, 0) is 19.1 Å². The summed E-state index contributed by atoms with van der Waals surface area (Å²) in [4.78, 5) is 35.8. The molecule has 0 radical (unpaired) electrons. The van der Waals surface area contributed by atoms with E-state index in [9.17, 15) is 14.4 Å². The van der Waals surface area contributed by atoms with Crippen LogP contribution in [0.2, 0.25) is 0 Å². The molecule has 0 bridgehead atoms.